The summed E-state index contributed by atoms with van der Waals surface area (Å²) in [6.07, 6.45) is 7.17. The number of allylic oxidation sites excluding steroid dienone is 1. The molecule has 12 heavy (non-hydrogen) atoms. The van der Waals surface area contributed by atoms with Gasteiger partial charge in [0.2, 0.25) is 0 Å². The van der Waals surface area contributed by atoms with Gasteiger partial charge >= 0.3 is 0 Å². The summed E-state index contributed by atoms with van der Waals surface area (Å²) in [6, 6.07) is 4.02. The number of aromatic nitrogens is 1. The summed E-state index contributed by atoms with van der Waals surface area (Å²) in [6.45, 7) is 6.23. The van der Waals surface area contributed by atoms with Crippen LogP contribution in [0.15, 0.2) is 31.1 Å². The maximum atomic E-state index is 4.03. The minimum absolute atomic E-state index is 1.10. The van der Waals surface area contributed by atoms with Crippen molar-refractivity contribution in [2.75, 3.05) is 0 Å². The van der Waals surface area contributed by atoms with Crippen molar-refractivity contribution in [1.29, 1.82) is 0 Å². The number of pyridine rings is 1. The predicted molar refractivity (Wildman–Crippen MR) is 52.8 cm³/mol. The molecule has 64 valence electrons. The van der Waals surface area contributed by atoms with Crippen LogP contribution in [-0.2, 0) is 0 Å². The molecule has 1 rings (SSSR count). The average molecular weight is 161 g/mol. The van der Waals surface area contributed by atoms with Crippen molar-refractivity contribution in [1.82, 2.24) is 4.98 Å². The Kier molecular flexibility index (Phi) is 3.52. The van der Waals surface area contributed by atoms with Gasteiger partial charge in [0.15, 0.2) is 0 Å². The predicted octanol–water partition coefficient (Wildman–Crippen LogP) is 3.29. The molecule has 0 bridgehead atoms. The molecule has 0 atom stereocenters. The molecular formula is C11H15N. The van der Waals surface area contributed by atoms with Gasteiger partial charge in [-0.3, -0.25) is 4.98 Å². The third-order valence-corrected chi connectivity index (χ3v) is 1.92. The first-order chi connectivity index (χ1) is 5.84. The van der Waals surface area contributed by atoms with Crippen molar-refractivity contribution in [2.45, 2.75) is 26.2 Å². The lowest BCUT2D eigenvalue weighted by atomic mass is 10.0. The summed E-state index contributed by atoms with van der Waals surface area (Å²) in [4.78, 5) is 3.97. The maximum Gasteiger partial charge on any atom is 0.0273 e. The molecule has 0 unspecified atom stereocenters. The van der Waals surface area contributed by atoms with E-state index in [0.717, 1.165) is 6.42 Å². The van der Waals surface area contributed by atoms with E-state index in [-0.39, 0.29) is 0 Å². The van der Waals surface area contributed by atoms with E-state index in [2.05, 4.69) is 18.5 Å². The third kappa shape index (κ3) is 2.50. The van der Waals surface area contributed by atoms with Gasteiger partial charge in [0.1, 0.15) is 0 Å². The SMILES string of the molecule is C=C(CCCC)c1ccncc1. The Bertz CT molecular complexity index is 238. The van der Waals surface area contributed by atoms with Crippen LogP contribution in [0.4, 0.5) is 0 Å². The summed E-state index contributed by atoms with van der Waals surface area (Å²) < 4.78 is 0. The van der Waals surface area contributed by atoms with Gasteiger partial charge in [-0.25, -0.2) is 0 Å². The van der Waals surface area contributed by atoms with Gasteiger partial charge in [0.05, 0.1) is 0 Å². The minimum atomic E-state index is 1.10. The van der Waals surface area contributed by atoms with Gasteiger partial charge in [0.25, 0.3) is 0 Å². The lowest BCUT2D eigenvalue weighted by Gasteiger charge is -2.03. The van der Waals surface area contributed by atoms with E-state index in [1.165, 1.54) is 24.0 Å². The Morgan fingerprint density at radius 3 is 2.67 bits per heavy atom. The molecule has 0 saturated heterocycles. The number of hydrogen-bond acceptors (Lipinski definition) is 1. The lowest BCUT2D eigenvalue weighted by Crippen LogP contribution is -1.83. The van der Waals surface area contributed by atoms with Gasteiger partial charge < -0.3 is 0 Å². The third-order valence-electron chi connectivity index (χ3n) is 1.92. The van der Waals surface area contributed by atoms with Crippen LogP contribution in [0.5, 0.6) is 0 Å². The first-order valence-electron chi connectivity index (χ1n) is 4.42. The van der Waals surface area contributed by atoms with Crippen molar-refractivity contribution in [2.24, 2.45) is 0 Å². The van der Waals surface area contributed by atoms with Crippen molar-refractivity contribution < 1.29 is 0 Å². The fourth-order valence-electron chi connectivity index (χ4n) is 1.12. The summed E-state index contributed by atoms with van der Waals surface area (Å²) >= 11 is 0. The highest BCUT2D eigenvalue weighted by atomic mass is 14.6. The smallest absolute Gasteiger partial charge is 0.0273 e. The Morgan fingerprint density at radius 1 is 1.42 bits per heavy atom. The summed E-state index contributed by atoms with van der Waals surface area (Å²) in [5.41, 5.74) is 2.44. The Labute approximate surface area is 74.2 Å². The van der Waals surface area contributed by atoms with E-state index >= 15 is 0 Å². The summed E-state index contributed by atoms with van der Waals surface area (Å²) in [5.74, 6) is 0. The van der Waals surface area contributed by atoms with Crippen LogP contribution in [0, 0.1) is 0 Å². The molecule has 1 nitrogen and oxygen atoms in total. The second-order valence-electron chi connectivity index (χ2n) is 2.94. The molecule has 0 radical (unpaired) electrons. The molecule has 1 heterocycles. The molecule has 0 spiro atoms. The number of rotatable bonds is 4. The fraction of sp³-hybridized carbons (Fsp3) is 0.364. The second kappa shape index (κ2) is 4.70. The van der Waals surface area contributed by atoms with Gasteiger partial charge in [-0.05, 0) is 36.1 Å². The van der Waals surface area contributed by atoms with Crippen molar-refractivity contribution in [3.8, 4) is 0 Å². The first kappa shape index (κ1) is 8.98. The van der Waals surface area contributed by atoms with Crippen LogP contribution < -0.4 is 0 Å². The van der Waals surface area contributed by atoms with Gasteiger partial charge in [-0.15, -0.1) is 0 Å². The highest BCUT2D eigenvalue weighted by Gasteiger charge is 1.96. The zero-order valence-electron chi connectivity index (χ0n) is 7.59. The zero-order chi connectivity index (χ0) is 8.81. The van der Waals surface area contributed by atoms with Crippen LogP contribution in [0.1, 0.15) is 31.7 Å². The van der Waals surface area contributed by atoms with E-state index in [9.17, 15) is 0 Å². The standard InChI is InChI=1S/C11H15N/c1-3-4-5-10(2)11-6-8-12-9-7-11/h6-9H,2-5H2,1H3. The molecule has 0 fully saturated rings. The van der Waals surface area contributed by atoms with Crippen molar-refractivity contribution in [3.63, 3.8) is 0 Å². The molecule has 1 heteroatoms. The van der Waals surface area contributed by atoms with Gasteiger partial charge in [0, 0.05) is 12.4 Å². The molecule has 0 saturated carbocycles. The van der Waals surface area contributed by atoms with Crippen LogP contribution >= 0.6 is 0 Å². The van der Waals surface area contributed by atoms with Gasteiger partial charge in [-0.1, -0.05) is 19.9 Å². The van der Waals surface area contributed by atoms with Crippen LogP contribution in [0.3, 0.4) is 0 Å². The molecule has 1 aromatic heterocycles. The topological polar surface area (TPSA) is 12.9 Å². The Hall–Kier alpha value is -1.11. The minimum Gasteiger partial charge on any atom is -0.265 e. The molecule has 0 N–H and O–H groups in total. The monoisotopic (exact) mass is 161 g/mol. The number of hydrogen-bond donors (Lipinski definition) is 0. The first-order valence-corrected chi connectivity index (χ1v) is 4.42. The molecule has 0 aliphatic heterocycles. The fourth-order valence-corrected chi connectivity index (χ4v) is 1.12. The van der Waals surface area contributed by atoms with E-state index in [4.69, 9.17) is 0 Å². The molecule has 0 aromatic carbocycles. The molecule has 0 amide bonds. The number of unbranched alkanes of at least 4 members (excludes halogenated alkanes) is 1. The van der Waals surface area contributed by atoms with Crippen LogP contribution in [0.25, 0.3) is 5.57 Å². The van der Waals surface area contributed by atoms with E-state index in [1.54, 1.807) is 0 Å². The van der Waals surface area contributed by atoms with Crippen LogP contribution in [-0.4, -0.2) is 4.98 Å². The van der Waals surface area contributed by atoms with Crippen LogP contribution in [0.2, 0.25) is 0 Å². The van der Waals surface area contributed by atoms with Crippen molar-refractivity contribution >= 4 is 5.57 Å². The highest BCUT2D eigenvalue weighted by molar-refractivity contribution is 5.62. The van der Waals surface area contributed by atoms with E-state index < -0.39 is 0 Å². The highest BCUT2D eigenvalue weighted by Crippen LogP contribution is 2.16. The van der Waals surface area contributed by atoms with Gasteiger partial charge in [-0.2, -0.15) is 0 Å². The largest absolute Gasteiger partial charge is 0.265 e. The van der Waals surface area contributed by atoms with Crippen molar-refractivity contribution in [3.05, 3.63) is 36.7 Å². The normalized spacial score (nSPS) is 9.75. The summed E-state index contributed by atoms with van der Waals surface area (Å²) in [5, 5.41) is 0. The molecule has 0 aliphatic rings. The molecular weight excluding hydrogens is 146 g/mol. The average Bonchev–Trinajstić information content (AvgIpc) is 2.15. The maximum absolute atomic E-state index is 4.03. The quantitative estimate of drug-likeness (QED) is 0.660. The summed E-state index contributed by atoms with van der Waals surface area (Å²) in [7, 11) is 0. The van der Waals surface area contributed by atoms with E-state index in [1.807, 2.05) is 24.5 Å². The Balaban J connectivity index is 2.54. The van der Waals surface area contributed by atoms with E-state index in [0.29, 0.717) is 0 Å². The number of nitrogens with zero attached hydrogens (tertiary/aromatic N) is 1. The molecule has 0 aliphatic carbocycles. The Morgan fingerprint density at radius 2 is 2.08 bits per heavy atom. The zero-order valence-corrected chi connectivity index (χ0v) is 7.59. The second-order valence-corrected chi connectivity index (χ2v) is 2.94. The molecule has 1 aromatic rings. The lowest BCUT2D eigenvalue weighted by molar-refractivity contribution is 0.825.